The van der Waals surface area contributed by atoms with E-state index in [1.165, 1.54) is 0 Å². The van der Waals surface area contributed by atoms with Crippen molar-refractivity contribution in [3.63, 3.8) is 0 Å². The van der Waals surface area contributed by atoms with Gasteiger partial charge in [-0.05, 0) is 26.8 Å². The predicted molar refractivity (Wildman–Crippen MR) is 79.5 cm³/mol. The third kappa shape index (κ3) is 5.16. The number of nitrogens with zero attached hydrogens (tertiary/aromatic N) is 4. The molecule has 1 unspecified atom stereocenters. The molecule has 1 rings (SSSR count). The second-order valence-electron chi connectivity index (χ2n) is 4.87. The maximum absolute atomic E-state index is 5.06. The number of furan rings is 1. The van der Waals surface area contributed by atoms with Crippen LogP contribution in [-0.2, 0) is 6.54 Å². The minimum Gasteiger partial charge on any atom is -0.472 e. The zero-order valence-electron chi connectivity index (χ0n) is 12.7. The second kappa shape index (κ2) is 6.97. The van der Waals surface area contributed by atoms with Crippen LogP contribution in [0.4, 0.5) is 0 Å². The standard InChI is InChI=1S/C14H24N4O/c1-11(15-12(2)17(4)5)16-13(3)18(6)9-14-7-8-19-10-14/h7-8,10-11H,9H2,1-6H3/b15-12+,16-13+. The highest BCUT2D eigenvalue weighted by Gasteiger charge is 2.05. The number of amidine groups is 2. The van der Waals surface area contributed by atoms with Gasteiger partial charge >= 0.3 is 0 Å². The molecule has 0 saturated heterocycles. The van der Waals surface area contributed by atoms with Crippen LogP contribution < -0.4 is 0 Å². The Bertz CT molecular complexity index is 434. The van der Waals surface area contributed by atoms with Crippen molar-refractivity contribution < 1.29 is 4.42 Å². The van der Waals surface area contributed by atoms with Crippen molar-refractivity contribution in [2.75, 3.05) is 21.1 Å². The Morgan fingerprint density at radius 2 is 1.84 bits per heavy atom. The minimum atomic E-state index is -0.0748. The number of hydrogen-bond donors (Lipinski definition) is 0. The molecule has 0 bridgehead atoms. The molecule has 1 atom stereocenters. The predicted octanol–water partition coefficient (Wildman–Crippen LogP) is 2.46. The molecule has 0 saturated carbocycles. The zero-order chi connectivity index (χ0) is 14.4. The van der Waals surface area contributed by atoms with E-state index in [-0.39, 0.29) is 6.17 Å². The minimum absolute atomic E-state index is 0.0748. The topological polar surface area (TPSA) is 44.3 Å². The van der Waals surface area contributed by atoms with Gasteiger partial charge in [-0.1, -0.05) is 0 Å². The van der Waals surface area contributed by atoms with Crippen molar-refractivity contribution in [1.29, 1.82) is 0 Å². The summed E-state index contributed by atoms with van der Waals surface area (Å²) in [5.74, 6) is 1.94. The summed E-state index contributed by atoms with van der Waals surface area (Å²) in [5.41, 5.74) is 1.14. The highest BCUT2D eigenvalue weighted by Crippen LogP contribution is 2.05. The molecule has 0 aliphatic heterocycles. The van der Waals surface area contributed by atoms with Crippen molar-refractivity contribution in [3.8, 4) is 0 Å². The summed E-state index contributed by atoms with van der Waals surface area (Å²) >= 11 is 0. The molecule has 19 heavy (non-hydrogen) atoms. The van der Waals surface area contributed by atoms with Gasteiger partial charge in [0.1, 0.15) is 6.17 Å². The lowest BCUT2D eigenvalue weighted by atomic mass is 10.3. The number of aliphatic imine (C=N–C) groups is 2. The van der Waals surface area contributed by atoms with Gasteiger partial charge in [-0.2, -0.15) is 0 Å². The summed E-state index contributed by atoms with van der Waals surface area (Å²) in [7, 11) is 5.97. The molecule has 1 aromatic rings. The van der Waals surface area contributed by atoms with E-state index in [4.69, 9.17) is 4.42 Å². The van der Waals surface area contributed by atoms with E-state index in [2.05, 4.69) is 14.9 Å². The molecule has 0 aliphatic carbocycles. The van der Waals surface area contributed by atoms with Crippen LogP contribution in [0.5, 0.6) is 0 Å². The van der Waals surface area contributed by atoms with E-state index in [0.29, 0.717) is 0 Å². The average Bonchev–Trinajstić information content (AvgIpc) is 2.81. The van der Waals surface area contributed by atoms with Gasteiger partial charge < -0.3 is 14.2 Å². The van der Waals surface area contributed by atoms with Gasteiger partial charge in [-0.3, -0.25) is 0 Å². The van der Waals surface area contributed by atoms with E-state index < -0.39 is 0 Å². The normalized spacial score (nSPS) is 14.4. The van der Waals surface area contributed by atoms with Gasteiger partial charge in [-0.25, -0.2) is 9.98 Å². The molecule has 0 spiro atoms. The third-order valence-electron chi connectivity index (χ3n) is 2.95. The van der Waals surface area contributed by atoms with Crippen LogP contribution in [0, 0.1) is 0 Å². The van der Waals surface area contributed by atoms with Gasteiger partial charge in [-0.15, -0.1) is 0 Å². The second-order valence-corrected chi connectivity index (χ2v) is 4.87. The number of hydrogen-bond acceptors (Lipinski definition) is 3. The Kier molecular flexibility index (Phi) is 5.60. The van der Waals surface area contributed by atoms with E-state index in [9.17, 15) is 0 Å². The van der Waals surface area contributed by atoms with Crippen molar-refractivity contribution >= 4 is 11.7 Å². The van der Waals surface area contributed by atoms with Gasteiger partial charge in [0.2, 0.25) is 0 Å². The van der Waals surface area contributed by atoms with E-state index >= 15 is 0 Å². The molecule has 106 valence electrons. The average molecular weight is 264 g/mol. The quantitative estimate of drug-likeness (QED) is 0.620. The van der Waals surface area contributed by atoms with Crippen molar-refractivity contribution in [2.45, 2.75) is 33.5 Å². The van der Waals surface area contributed by atoms with Crippen molar-refractivity contribution in [3.05, 3.63) is 24.2 Å². The smallest absolute Gasteiger partial charge is 0.140 e. The molecule has 0 fully saturated rings. The van der Waals surface area contributed by atoms with Gasteiger partial charge in [0.25, 0.3) is 0 Å². The van der Waals surface area contributed by atoms with Gasteiger partial charge in [0.15, 0.2) is 0 Å². The lowest BCUT2D eigenvalue weighted by Crippen LogP contribution is -2.25. The molecule has 0 radical (unpaired) electrons. The molecule has 1 aromatic heterocycles. The number of rotatable bonds is 4. The van der Waals surface area contributed by atoms with Gasteiger partial charge in [0.05, 0.1) is 24.2 Å². The van der Waals surface area contributed by atoms with Crippen LogP contribution in [0.1, 0.15) is 26.3 Å². The monoisotopic (exact) mass is 264 g/mol. The van der Waals surface area contributed by atoms with E-state index in [1.807, 2.05) is 52.9 Å². The molecule has 5 nitrogen and oxygen atoms in total. The first-order valence-corrected chi connectivity index (χ1v) is 6.38. The third-order valence-corrected chi connectivity index (χ3v) is 2.95. The molecule has 0 N–H and O–H groups in total. The molecular formula is C14H24N4O. The van der Waals surface area contributed by atoms with Crippen LogP contribution in [0.25, 0.3) is 0 Å². The van der Waals surface area contributed by atoms with Crippen molar-refractivity contribution in [1.82, 2.24) is 9.80 Å². The maximum Gasteiger partial charge on any atom is 0.140 e. The summed E-state index contributed by atoms with van der Waals surface area (Å²) in [6.07, 6.45) is 3.36. The Labute approximate surface area is 115 Å². The highest BCUT2D eigenvalue weighted by molar-refractivity contribution is 5.81. The molecular weight excluding hydrogens is 240 g/mol. The summed E-state index contributed by atoms with van der Waals surface area (Å²) in [6.45, 7) is 6.75. The lowest BCUT2D eigenvalue weighted by molar-refractivity contribution is 0.483. The Hall–Kier alpha value is -1.78. The van der Waals surface area contributed by atoms with Crippen LogP contribution in [0.3, 0.4) is 0 Å². The summed E-state index contributed by atoms with van der Waals surface area (Å²) in [5, 5.41) is 0. The van der Waals surface area contributed by atoms with Crippen molar-refractivity contribution in [2.24, 2.45) is 9.98 Å². The molecule has 0 aliphatic rings. The summed E-state index contributed by atoms with van der Waals surface area (Å²) in [4.78, 5) is 13.2. The zero-order valence-corrected chi connectivity index (χ0v) is 12.7. The fraction of sp³-hybridized carbons (Fsp3) is 0.571. The molecule has 5 heteroatoms. The lowest BCUT2D eigenvalue weighted by Gasteiger charge is -2.19. The highest BCUT2D eigenvalue weighted by atomic mass is 16.3. The van der Waals surface area contributed by atoms with Gasteiger partial charge in [0, 0.05) is 33.3 Å². The Balaban J connectivity index is 2.62. The first-order chi connectivity index (χ1) is 8.90. The van der Waals surface area contributed by atoms with Crippen LogP contribution in [-0.4, -0.2) is 48.8 Å². The van der Waals surface area contributed by atoms with Crippen LogP contribution >= 0.6 is 0 Å². The first-order valence-electron chi connectivity index (χ1n) is 6.38. The first kappa shape index (κ1) is 15.3. The van der Waals surface area contributed by atoms with Crippen LogP contribution in [0.15, 0.2) is 33.0 Å². The molecule has 0 aromatic carbocycles. The summed E-state index contributed by atoms with van der Waals surface area (Å²) < 4.78 is 5.06. The Morgan fingerprint density at radius 1 is 1.21 bits per heavy atom. The fourth-order valence-electron chi connectivity index (χ4n) is 1.55. The molecule has 1 heterocycles. The maximum atomic E-state index is 5.06. The summed E-state index contributed by atoms with van der Waals surface area (Å²) in [6, 6.07) is 1.96. The molecule has 0 amide bonds. The fourth-order valence-corrected chi connectivity index (χ4v) is 1.55. The van der Waals surface area contributed by atoms with E-state index in [0.717, 1.165) is 23.8 Å². The Morgan fingerprint density at radius 3 is 2.37 bits per heavy atom. The SMILES string of the molecule is C/C(=N\C(C)/N=C(\C)N(C)Cc1ccoc1)N(C)C. The van der Waals surface area contributed by atoms with Crippen LogP contribution in [0.2, 0.25) is 0 Å². The van der Waals surface area contributed by atoms with E-state index in [1.54, 1.807) is 12.5 Å². The largest absolute Gasteiger partial charge is 0.472 e.